The van der Waals surface area contributed by atoms with Crippen molar-refractivity contribution in [2.75, 3.05) is 6.54 Å². The first-order valence-electron chi connectivity index (χ1n) is 12.5. The number of hydrogen-bond acceptors (Lipinski definition) is 3. The number of nitrogens with one attached hydrogen (secondary N) is 1. The highest BCUT2D eigenvalue weighted by atomic mass is 28.4. The van der Waals surface area contributed by atoms with Gasteiger partial charge in [0.25, 0.3) is 5.91 Å². The molecule has 0 radical (unpaired) electrons. The molecule has 0 saturated carbocycles. The molecule has 34 heavy (non-hydrogen) atoms. The van der Waals surface area contributed by atoms with Crippen LogP contribution in [-0.4, -0.2) is 55.2 Å². The molecule has 2 aromatic rings. The zero-order chi connectivity index (χ0) is 24.7. The summed E-state index contributed by atoms with van der Waals surface area (Å²) in [4.78, 5) is 33.4. The third-order valence-electron chi connectivity index (χ3n) is 7.26. The summed E-state index contributed by atoms with van der Waals surface area (Å²) in [6.07, 6.45) is 8.47. The van der Waals surface area contributed by atoms with Crippen LogP contribution in [0.1, 0.15) is 39.9 Å². The van der Waals surface area contributed by atoms with Crippen LogP contribution in [0.2, 0.25) is 39.3 Å². The maximum absolute atomic E-state index is 14.0. The highest BCUT2D eigenvalue weighted by molar-refractivity contribution is 6.96. The average Bonchev–Trinajstić information content (AvgIpc) is 2.77. The van der Waals surface area contributed by atoms with Gasteiger partial charge in [-0.05, 0) is 54.5 Å². The lowest BCUT2D eigenvalue weighted by Gasteiger charge is -2.57. The van der Waals surface area contributed by atoms with Gasteiger partial charge in [0.2, 0.25) is 5.91 Å². The molecule has 1 N–H and O–H groups in total. The highest BCUT2D eigenvalue weighted by Crippen LogP contribution is 2.36. The van der Waals surface area contributed by atoms with Gasteiger partial charge in [0.15, 0.2) is 0 Å². The van der Waals surface area contributed by atoms with Crippen LogP contribution in [0, 0.1) is 0 Å². The molecule has 1 aliphatic heterocycles. The van der Waals surface area contributed by atoms with E-state index in [2.05, 4.69) is 72.7 Å². The molecule has 1 atom stereocenters. The van der Waals surface area contributed by atoms with Crippen molar-refractivity contribution in [1.82, 2.24) is 15.2 Å². The molecule has 7 heteroatoms. The SMILES string of the molecule is C[Si](C)(C)C(N1C[C@@](Cc2ccc3c(c2)CCCC3)(NC(=O)c2cccnc2)C1=O)[Si](C)(C)C. The molecule has 182 valence electrons. The molecule has 1 aromatic heterocycles. The first-order valence-corrected chi connectivity index (χ1v) is 19.7. The van der Waals surface area contributed by atoms with Crippen molar-refractivity contribution in [1.29, 1.82) is 0 Å². The maximum atomic E-state index is 14.0. The van der Waals surface area contributed by atoms with Crippen molar-refractivity contribution < 1.29 is 9.59 Å². The zero-order valence-electron chi connectivity index (χ0n) is 21.6. The van der Waals surface area contributed by atoms with E-state index >= 15 is 0 Å². The van der Waals surface area contributed by atoms with E-state index in [0.717, 1.165) is 18.4 Å². The monoisotopic (exact) mass is 493 g/mol. The Morgan fingerprint density at radius 1 is 1.06 bits per heavy atom. The molecule has 1 saturated heterocycles. The Bertz CT molecular complexity index is 1060. The second kappa shape index (κ2) is 9.08. The minimum absolute atomic E-state index is 0.0808. The van der Waals surface area contributed by atoms with Gasteiger partial charge in [-0.15, -0.1) is 0 Å². The van der Waals surface area contributed by atoms with E-state index in [1.165, 1.54) is 24.0 Å². The van der Waals surface area contributed by atoms with Gasteiger partial charge in [0, 0.05) is 24.1 Å². The third kappa shape index (κ3) is 4.91. The molecular weight excluding hydrogens is 454 g/mol. The van der Waals surface area contributed by atoms with E-state index in [4.69, 9.17) is 0 Å². The number of amides is 2. The summed E-state index contributed by atoms with van der Waals surface area (Å²) in [5, 5.41) is 3.51. The smallest absolute Gasteiger partial charge is 0.253 e. The number of benzene rings is 1. The lowest BCUT2D eigenvalue weighted by atomic mass is 9.80. The van der Waals surface area contributed by atoms with Gasteiger partial charge in [-0.3, -0.25) is 14.6 Å². The largest absolute Gasteiger partial charge is 0.341 e. The molecule has 1 aromatic carbocycles. The van der Waals surface area contributed by atoms with Gasteiger partial charge in [0.1, 0.15) is 5.54 Å². The number of pyridine rings is 1. The van der Waals surface area contributed by atoms with Crippen molar-refractivity contribution in [2.45, 2.75) is 82.2 Å². The summed E-state index contributed by atoms with van der Waals surface area (Å²) >= 11 is 0. The number of hydrogen-bond donors (Lipinski definition) is 1. The number of aromatic nitrogens is 1. The minimum Gasteiger partial charge on any atom is -0.341 e. The van der Waals surface area contributed by atoms with Crippen LogP contribution in [0.25, 0.3) is 0 Å². The molecule has 0 unspecified atom stereocenters. The van der Waals surface area contributed by atoms with Crippen molar-refractivity contribution in [2.24, 2.45) is 0 Å². The van der Waals surface area contributed by atoms with E-state index in [0.29, 0.717) is 23.8 Å². The molecule has 2 amide bonds. The van der Waals surface area contributed by atoms with Gasteiger partial charge >= 0.3 is 0 Å². The van der Waals surface area contributed by atoms with E-state index in [1.54, 1.807) is 24.5 Å². The number of β-lactam (4-membered cyclic amide) rings is 1. The summed E-state index contributed by atoms with van der Waals surface area (Å²) in [5.74, 6) is -0.145. The number of nitrogens with zero attached hydrogens (tertiary/aromatic N) is 2. The normalized spacial score (nSPS) is 20.7. The van der Waals surface area contributed by atoms with Gasteiger partial charge < -0.3 is 10.2 Å². The lowest BCUT2D eigenvalue weighted by Crippen LogP contribution is -2.81. The van der Waals surface area contributed by atoms with Crippen LogP contribution in [-0.2, 0) is 24.1 Å². The number of rotatable bonds is 7. The molecule has 1 fully saturated rings. The molecule has 0 spiro atoms. The fourth-order valence-corrected chi connectivity index (χ4v) is 19.0. The molecule has 0 bridgehead atoms. The number of carbonyl (C=O) groups is 2. The standard InChI is InChI=1S/C27H39N3O2Si2/c1-33(2,3)26(34(4,5)6)30-19-27(25(30)32,29-24(31)23-12-9-15-28-18-23)17-20-13-14-21-10-7-8-11-22(21)16-20/h9,12-16,18,26H,7-8,10-11,17,19H2,1-6H3,(H,29,31)/t27-/m1/s1. The van der Waals surface area contributed by atoms with Crippen molar-refractivity contribution >= 4 is 28.0 Å². The number of aryl methyl sites for hydroxylation is 2. The zero-order valence-corrected chi connectivity index (χ0v) is 23.6. The minimum atomic E-state index is -1.63. The van der Waals surface area contributed by atoms with Crippen LogP contribution in [0.15, 0.2) is 42.7 Å². The molecule has 4 rings (SSSR count). The fraction of sp³-hybridized carbons (Fsp3) is 0.519. The Morgan fingerprint density at radius 2 is 1.74 bits per heavy atom. The fourth-order valence-electron chi connectivity index (χ4n) is 6.36. The average molecular weight is 494 g/mol. The Morgan fingerprint density at radius 3 is 2.32 bits per heavy atom. The van der Waals surface area contributed by atoms with Crippen molar-refractivity contribution in [3.63, 3.8) is 0 Å². The van der Waals surface area contributed by atoms with E-state index in [-0.39, 0.29) is 11.8 Å². The Hall–Kier alpha value is -2.26. The highest BCUT2D eigenvalue weighted by Gasteiger charge is 2.59. The second-order valence-corrected chi connectivity index (χ2v) is 23.5. The summed E-state index contributed by atoms with van der Waals surface area (Å²) in [7, 11) is -3.26. The summed E-state index contributed by atoms with van der Waals surface area (Å²) in [6, 6.07) is 10.2. The first kappa shape index (κ1) is 24.9. The second-order valence-electron chi connectivity index (χ2n) is 12.3. The maximum Gasteiger partial charge on any atom is 0.253 e. The number of likely N-dealkylation sites (tertiary alicyclic amines) is 1. The lowest BCUT2D eigenvalue weighted by molar-refractivity contribution is -0.152. The molecule has 5 nitrogen and oxygen atoms in total. The Labute approximate surface area is 206 Å². The van der Waals surface area contributed by atoms with Crippen LogP contribution < -0.4 is 5.32 Å². The van der Waals surface area contributed by atoms with Crippen molar-refractivity contribution in [3.05, 3.63) is 65.0 Å². The number of carbonyl (C=O) groups excluding carboxylic acids is 2. The van der Waals surface area contributed by atoms with Crippen LogP contribution in [0.5, 0.6) is 0 Å². The molecular formula is C27H39N3O2Si2. The Kier molecular flexibility index (Phi) is 6.63. The van der Waals surface area contributed by atoms with E-state index in [9.17, 15) is 9.59 Å². The quantitative estimate of drug-likeness (QED) is 0.452. The number of fused-ring (bicyclic) bond motifs is 1. The molecule has 2 aliphatic rings. The van der Waals surface area contributed by atoms with Gasteiger partial charge in [-0.2, -0.15) is 0 Å². The van der Waals surface area contributed by atoms with Crippen LogP contribution in [0.4, 0.5) is 0 Å². The summed E-state index contributed by atoms with van der Waals surface area (Å²) in [5.41, 5.74) is 3.57. The predicted molar refractivity (Wildman–Crippen MR) is 143 cm³/mol. The van der Waals surface area contributed by atoms with E-state index in [1.807, 2.05) is 0 Å². The van der Waals surface area contributed by atoms with Gasteiger partial charge in [-0.25, -0.2) is 0 Å². The van der Waals surface area contributed by atoms with Gasteiger partial charge in [-0.1, -0.05) is 57.5 Å². The third-order valence-corrected chi connectivity index (χ3v) is 16.4. The predicted octanol–water partition coefficient (Wildman–Crippen LogP) is 4.64. The topological polar surface area (TPSA) is 62.3 Å². The summed E-state index contributed by atoms with van der Waals surface area (Å²) < 4.78 is 0. The molecule has 2 heterocycles. The van der Waals surface area contributed by atoms with Crippen LogP contribution >= 0.6 is 0 Å². The Balaban J connectivity index is 1.65. The first-order chi connectivity index (χ1) is 15.9. The molecule has 1 aliphatic carbocycles. The van der Waals surface area contributed by atoms with Crippen LogP contribution in [0.3, 0.4) is 0 Å². The summed E-state index contributed by atoms with van der Waals surface area (Å²) in [6.45, 7) is 14.7. The van der Waals surface area contributed by atoms with E-state index < -0.39 is 21.7 Å². The van der Waals surface area contributed by atoms with Gasteiger partial charge in [0.05, 0.1) is 28.3 Å². The van der Waals surface area contributed by atoms with Crippen molar-refractivity contribution in [3.8, 4) is 0 Å².